The first-order valence-corrected chi connectivity index (χ1v) is 10.6. The van der Waals surface area contributed by atoms with Crippen LogP contribution in [-0.2, 0) is 6.61 Å². The van der Waals surface area contributed by atoms with Gasteiger partial charge in [-0.2, -0.15) is 9.97 Å². The number of aromatic nitrogens is 6. The standard InChI is InChI=1S/C23H26N6O3/c1-12(2)16-7-8-18(22-25-14(5)28-31-22)27-20(16)11-30-21-9-19(23-26-15(6)29-32-23)24-10-17(21)13(3)4/h7-10,12-13H,11H2,1-6H3. The maximum Gasteiger partial charge on any atom is 0.276 e. The Labute approximate surface area is 186 Å². The second-order valence-corrected chi connectivity index (χ2v) is 8.23. The van der Waals surface area contributed by atoms with Crippen LogP contribution >= 0.6 is 0 Å². The molecule has 0 amide bonds. The van der Waals surface area contributed by atoms with E-state index in [1.165, 1.54) is 0 Å². The molecular weight excluding hydrogens is 408 g/mol. The molecule has 0 unspecified atom stereocenters. The van der Waals surface area contributed by atoms with Gasteiger partial charge in [0.1, 0.15) is 23.7 Å². The van der Waals surface area contributed by atoms with Gasteiger partial charge in [-0.15, -0.1) is 0 Å². The van der Waals surface area contributed by atoms with Crippen LogP contribution < -0.4 is 4.74 Å². The minimum absolute atomic E-state index is 0.223. The third-order valence-corrected chi connectivity index (χ3v) is 5.01. The van der Waals surface area contributed by atoms with Crippen LogP contribution in [0.25, 0.3) is 23.2 Å². The van der Waals surface area contributed by atoms with Crippen molar-refractivity contribution in [2.45, 2.75) is 60.0 Å². The van der Waals surface area contributed by atoms with Gasteiger partial charge in [0.15, 0.2) is 11.6 Å². The summed E-state index contributed by atoms with van der Waals surface area (Å²) >= 11 is 0. The van der Waals surface area contributed by atoms with Gasteiger partial charge in [0.25, 0.3) is 11.8 Å². The average Bonchev–Trinajstić information content (AvgIpc) is 3.40. The van der Waals surface area contributed by atoms with E-state index in [1.54, 1.807) is 20.0 Å². The molecule has 0 radical (unpaired) electrons. The Balaban J connectivity index is 1.67. The first-order valence-electron chi connectivity index (χ1n) is 10.6. The largest absolute Gasteiger partial charge is 0.487 e. The summed E-state index contributed by atoms with van der Waals surface area (Å²) in [5, 5.41) is 7.71. The zero-order chi connectivity index (χ0) is 22.8. The van der Waals surface area contributed by atoms with Crippen LogP contribution in [0.1, 0.15) is 68.0 Å². The zero-order valence-corrected chi connectivity index (χ0v) is 19.1. The number of hydrogen-bond acceptors (Lipinski definition) is 9. The highest BCUT2D eigenvalue weighted by Crippen LogP contribution is 2.31. The molecule has 9 heteroatoms. The molecule has 0 aliphatic carbocycles. The van der Waals surface area contributed by atoms with Crippen molar-refractivity contribution >= 4 is 0 Å². The zero-order valence-electron chi connectivity index (χ0n) is 19.1. The van der Waals surface area contributed by atoms with E-state index < -0.39 is 0 Å². The molecular formula is C23H26N6O3. The molecule has 9 nitrogen and oxygen atoms in total. The van der Waals surface area contributed by atoms with Crippen LogP contribution in [0.2, 0.25) is 0 Å². The van der Waals surface area contributed by atoms with Crippen LogP contribution in [0.3, 0.4) is 0 Å². The Bertz CT molecular complexity index is 1130. The Morgan fingerprint density at radius 2 is 1.44 bits per heavy atom. The molecule has 0 N–H and O–H groups in total. The monoisotopic (exact) mass is 434 g/mol. The van der Waals surface area contributed by atoms with Crippen LogP contribution in [0.15, 0.2) is 33.4 Å². The van der Waals surface area contributed by atoms with Gasteiger partial charge in [-0.25, -0.2) is 4.98 Å². The smallest absolute Gasteiger partial charge is 0.276 e. The van der Waals surface area contributed by atoms with Gasteiger partial charge in [0.05, 0.1) is 5.69 Å². The van der Waals surface area contributed by atoms with Gasteiger partial charge in [-0.1, -0.05) is 44.1 Å². The first kappa shape index (κ1) is 21.6. The van der Waals surface area contributed by atoms with E-state index in [1.807, 2.05) is 18.2 Å². The minimum Gasteiger partial charge on any atom is -0.487 e. The lowest BCUT2D eigenvalue weighted by atomic mass is 10.0. The predicted molar refractivity (Wildman–Crippen MR) is 117 cm³/mol. The van der Waals surface area contributed by atoms with Crippen LogP contribution in [0.4, 0.5) is 0 Å². The number of hydrogen-bond donors (Lipinski definition) is 0. The van der Waals surface area contributed by atoms with E-state index in [0.29, 0.717) is 40.6 Å². The molecule has 4 heterocycles. The van der Waals surface area contributed by atoms with Gasteiger partial charge in [0.2, 0.25) is 0 Å². The summed E-state index contributed by atoms with van der Waals surface area (Å²) in [6, 6.07) is 5.77. The maximum absolute atomic E-state index is 6.28. The van der Waals surface area contributed by atoms with Gasteiger partial charge in [-0.05, 0) is 37.3 Å². The summed E-state index contributed by atoms with van der Waals surface area (Å²) in [5.74, 6) is 3.07. The first-order chi connectivity index (χ1) is 15.3. The van der Waals surface area contributed by atoms with Gasteiger partial charge in [0, 0.05) is 17.8 Å². The number of pyridine rings is 2. The van der Waals surface area contributed by atoms with Crippen molar-refractivity contribution in [2.24, 2.45) is 0 Å². The fraction of sp³-hybridized carbons (Fsp3) is 0.391. The fourth-order valence-electron chi connectivity index (χ4n) is 3.34. The third-order valence-electron chi connectivity index (χ3n) is 5.01. The van der Waals surface area contributed by atoms with E-state index in [-0.39, 0.29) is 18.4 Å². The van der Waals surface area contributed by atoms with E-state index in [9.17, 15) is 0 Å². The summed E-state index contributed by atoms with van der Waals surface area (Å²) in [6.45, 7) is 12.3. The second kappa shape index (κ2) is 8.86. The molecule has 166 valence electrons. The van der Waals surface area contributed by atoms with Gasteiger partial charge in [-0.3, -0.25) is 4.98 Å². The number of rotatable bonds is 7. The van der Waals surface area contributed by atoms with Crippen LogP contribution in [0.5, 0.6) is 5.75 Å². The normalized spacial score (nSPS) is 11.5. The topological polar surface area (TPSA) is 113 Å². The Morgan fingerprint density at radius 1 is 0.812 bits per heavy atom. The average molecular weight is 435 g/mol. The lowest BCUT2D eigenvalue weighted by Crippen LogP contribution is -2.07. The minimum atomic E-state index is 0.223. The van der Waals surface area contributed by atoms with Gasteiger partial charge < -0.3 is 13.8 Å². The molecule has 32 heavy (non-hydrogen) atoms. The van der Waals surface area contributed by atoms with Crippen LogP contribution in [0, 0.1) is 13.8 Å². The van der Waals surface area contributed by atoms with Crippen molar-refractivity contribution < 1.29 is 13.8 Å². The van der Waals surface area contributed by atoms with Crippen molar-refractivity contribution in [1.82, 2.24) is 30.2 Å². The number of ether oxygens (including phenoxy) is 1. The summed E-state index contributed by atoms with van der Waals surface area (Å²) in [5.41, 5.74) is 4.08. The van der Waals surface area contributed by atoms with E-state index in [0.717, 1.165) is 16.8 Å². The predicted octanol–water partition coefficient (Wildman–Crippen LogP) is 5.02. The molecule has 0 aromatic carbocycles. The van der Waals surface area contributed by atoms with Crippen LogP contribution in [-0.4, -0.2) is 30.2 Å². The van der Waals surface area contributed by atoms with E-state index in [2.05, 4.69) is 53.0 Å². The fourth-order valence-corrected chi connectivity index (χ4v) is 3.34. The number of aryl methyl sites for hydroxylation is 2. The maximum atomic E-state index is 6.28. The van der Waals surface area contributed by atoms with Crippen molar-refractivity contribution in [2.75, 3.05) is 0 Å². The lowest BCUT2D eigenvalue weighted by Gasteiger charge is -2.17. The summed E-state index contributed by atoms with van der Waals surface area (Å²) < 4.78 is 16.8. The highest BCUT2D eigenvalue weighted by molar-refractivity contribution is 5.53. The van der Waals surface area contributed by atoms with E-state index >= 15 is 0 Å². The molecule has 0 bridgehead atoms. The highest BCUT2D eigenvalue weighted by atomic mass is 16.5. The molecule has 0 saturated heterocycles. The van der Waals surface area contributed by atoms with Crippen molar-refractivity contribution in [1.29, 1.82) is 0 Å². The summed E-state index contributed by atoms with van der Waals surface area (Å²) in [7, 11) is 0. The van der Waals surface area contributed by atoms with Gasteiger partial charge >= 0.3 is 0 Å². The SMILES string of the molecule is Cc1noc(-c2cc(OCc3nc(-c4nc(C)no4)ccc3C(C)C)c(C(C)C)cn2)n1. The van der Waals surface area contributed by atoms with Crippen molar-refractivity contribution in [3.8, 4) is 28.9 Å². The molecule has 4 rings (SSSR count). The summed E-state index contributed by atoms with van der Waals surface area (Å²) in [6.07, 6.45) is 1.79. The number of nitrogens with zero attached hydrogens (tertiary/aromatic N) is 6. The Hall–Kier alpha value is -3.62. The quantitative estimate of drug-likeness (QED) is 0.395. The van der Waals surface area contributed by atoms with E-state index in [4.69, 9.17) is 18.8 Å². The lowest BCUT2D eigenvalue weighted by molar-refractivity contribution is 0.294. The molecule has 0 aliphatic heterocycles. The Morgan fingerprint density at radius 3 is 2.00 bits per heavy atom. The molecule has 0 aliphatic rings. The second-order valence-electron chi connectivity index (χ2n) is 8.23. The molecule has 4 aromatic heterocycles. The van der Waals surface area contributed by atoms with Crippen molar-refractivity contribution in [3.63, 3.8) is 0 Å². The molecule has 0 saturated carbocycles. The molecule has 0 atom stereocenters. The Kier molecular flexibility index (Phi) is 5.98. The third kappa shape index (κ3) is 4.51. The van der Waals surface area contributed by atoms with Crippen molar-refractivity contribution in [3.05, 3.63) is 52.9 Å². The molecule has 0 fully saturated rings. The highest BCUT2D eigenvalue weighted by Gasteiger charge is 2.18. The molecule has 4 aromatic rings. The molecule has 0 spiro atoms. The summed E-state index contributed by atoms with van der Waals surface area (Å²) in [4.78, 5) is 17.8.